The fraction of sp³-hybridized carbons (Fsp3) is 0. The van der Waals surface area contributed by atoms with E-state index in [4.69, 9.17) is 0 Å². The third-order valence-corrected chi connectivity index (χ3v) is 3.41. The largest absolute Gasteiger partial charge is 0.206 e. The average molecular weight is 273 g/mol. The van der Waals surface area contributed by atoms with E-state index in [2.05, 4.69) is 6.07 Å². The number of hydrogen-bond acceptors (Lipinski definition) is 1. The van der Waals surface area contributed by atoms with E-state index in [0.29, 0.717) is 11.1 Å². The van der Waals surface area contributed by atoms with Crippen LogP contribution in [0, 0.1) is 17.1 Å². The minimum atomic E-state index is -0.328. The summed E-state index contributed by atoms with van der Waals surface area (Å²) in [5, 5.41) is 11.5. The third kappa shape index (κ3) is 2.54. The Morgan fingerprint density at radius 2 is 1.62 bits per heavy atom. The minimum Gasteiger partial charge on any atom is -0.206 e. The lowest BCUT2D eigenvalue weighted by Gasteiger charge is -2.05. The van der Waals surface area contributed by atoms with Crippen molar-refractivity contribution < 1.29 is 4.39 Å². The maximum atomic E-state index is 13.8. The van der Waals surface area contributed by atoms with Gasteiger partial charge in [-0.3, -0.25) is 0 Å². The highest BCUT2D eigenvalue weighted by molar-refractivity contribution is 6.01. The van der Waals surface area contributed by atoms with Crippen LogP contribution in [0.15, 0.2) is 66.7 Å². The first-order chi connectivity index (χ1) is 10.3. The Hall–Kier alpha value is -2.92. The Labute approximate surface area is 122 Å². The molecule has 3 aromatic carbocycles. The van der Waals surface area contributed by atoms with Crippen LogP contribution in [0.2, 0.25) is 0 Å². The summed E-state index contributed by atoms with van der Waals surface area (Å²) >= 11 is 0. The number of hydrogen-bond donors (Lipinski definition) is 0. The number of benzene rings is 3. The molecule has 0 fully saturated rings. The molecule has 1 nitrogen and oxygen atoms in total. The molecule has 0 unspecified atom stereocenters. The van der Waals surface area contributed by atoms with Crippen LogP contribution in [0.5, 0.6) is 0 Å². The molecule has 3 rings (SSSR count). The lowest BCUT2D eigenvalue weighted by molar-refractivity contribution is 0.625. The summed E-state index contributed by atoms with van der Waals surface area (Å²) in [6.07, 6.45) is 1.59. The number of allylic oxidation sites excluding steroid dienone is 1. The van der Waals surface area contributed by atoms with E-state index in [1.807, 2.05) is 42.5 Å². The molecule has 0 aromatic heterocycles. The molecule has 0 N–H and O–H groups in total. The topological polar surface area (TPSA) is 23.8 Å². The van der Waals surface area contributed by atoms with Crippen LogP contribution in [-0.4, -0.2) is 0 Å². The van der Waals surface area contributed by atoms with Gasteiger partial charge in [-0.1, -0.05) is 60.7 Å². The molecule has 0 amide bonds. The quantitative estimate of drug-likeness (QED) is 0.474. The zero-order chi connectivity index (χ0) is 14.7. The highest BCUT2D eigenvalue weighted by Crippen LogP contribution is 2.26. The van der Waals surface area contributed by atoms with Gasteiger partial charge < -0.3 is 0 Å². The van der Waals surface area contributed by atoms with E-state index in [1.165, 1.54) is 6.07 Å². The van der Waals surface area contributed by atoms with E-state index < -0.39 is 0 Å². The Kier molecular flexibility index (Phi) is 3.49. The average Bonchev–Trinajstić information content (AvgIpc) is 2.54. The summed E-state index contributed by atoms with van der Waals surface area (Å²) in [5.74, 6) is -0.328. The lowest BCUT2D eigenvalue weighted by Crippen LogP contribution is -1.87. The van der Waals surface area contributed by atoms with Crippen molar-refractivity contribution in [3.8, 4) is 6.07 Å². The van der Waals surface area contributed by atoms with E-state index in [1.54, 1.807) is 24.3 Å². The summed E-state index contributed by atoms with van der Waals surface area (Å²) in [6.45, 7) is 0. The lowest BCUT2D eigenvalue weighted by atomic mass is 9.97. The minimum absolute atomic E-state index is 0.328. The first-order valence-corrected chi connectivity index (χ1v) is 6.64. The van der Waals surface area contributed by atoms with Gasteiger partial charge in [-0.25, -0.2) is 4.39 Å². The monoisotopic (exact) mass is 273 g/mol. The zero-order valence-electron chi connectivity index (χ0n) is 11.3. The molecule has 0 bridgehead atoms. The first-order valence-electron chi connectivity index (χ1n) is 6.64. The van der Waals surface area contributed by atoms with E-state index in [0.717, 1.165) is 16.3 Å². The maximum Gasteiger partial charge on any atom is 0.130 e. The zero-order valence-corrected chi connectivity index (χ0v) is 11.3. The maximum absolute atomic E-state index is 13.8. The van der Waals surface area contributed by atoms with E-state index >= 15 is 0 Å². The van der Waals surface area contributed by atoms with Gasteiger partial charge in [-0.2, -0.15) is 5.26 Å². The summed E-state index contributed by atoms with van der Waals surface area (Å²) in [5.41, 5.74) is 1.69. The molecule has 0 saturated heterocycles. The Balaban J connectivity index is 2.20. The molecule has 0 saturated carbocycles. The number of nitrogens with zero attached hydrogens (tertiary/aromatic N) is 1. The van der Waals surface area contributed by atoms with Crippen LogP contribution in [0.3, 0.4) is 0 Å². The standard InChI is InChI=1S/C19H12FN/c20-19-11-4-2-7-15(19)12-16(13-21)18-10-5-8-14-6-1-3-9-17(14)18/h1-12H/b16-12-. The third-order valence-electron chi connectivity index (χ3n) is 3.41. The Morgan fingerprint density at radius 3 is 2.43 bits per heavy atom. The van der Waals surface area contributed by atoms with Crippen molar-refractivity contribution in [3.63, 3.8) is 0 Å². The number of rotatable bonds is 2. The van der Waals surface area contributed by atoms with Gasteiger partial charge in [0.05, 0.1) is 11.6 Å². The fourth-order valence-electron chi connectivity index (χ4n) is 2.38. The Morgan fingerprint density at radius 1 is 0.905 bits per heavy atom. The van der Waals surface area contributed by atoms with Gasteiger partial charge in [0, 0.05) is 11.1 Å². The summed E-state index contributed by atoms with van der Waals surface area (Å²) in [4.78, 5) is 0. The molecule has 0 aliphatic rings. The van der Waals surface area contributed by atoms with E-state index in [-0.39, 0.29) is 5.82 Å². The number of nitriles is 1. The number of halogens is 1. The second-order valence-corrected chi connectivity index (χ2v) is 4.72. The molecular weight excluding hydrogens is 261 g/mol. The van der Waals surface area contributed by atoms with Crippen LogP contribution in [0.1, 0.15) is 11.1 Å². The van der Waals surface area contributed by atoms with Gasteiger partial charge in [0.2, 0.25) is 0 Å². The Bertz CT molecular complexity index is 867. The van der Waals surface area contributed by atoms with Gasteiger partial charge in [-0.15, -0.1) is 0 Å². The summed E-state index contributed by atoms with van der Waals surface area (Å²) < 4.78 is 13.8. The predicted molar refractivity (Wildman–Crippen MR) is 83.8 cm³/mol. The summed E-state index contributed by atoms with van der Waals surface area (Å²) in [7, 11) is 0. The van der Waals surface area contributed by atoms with Gasteiger partial charge in [0.15, 0.2) is 0 Å². The van der Waals surface area contributed by atoms with Gasteiger partial charge in [0.1, 0.15) is 5.82 Å². The van der Waals surface area contributed by atoms with Crippen molar-refractivity contribution in [1.29, 1.82) is 5.26 Å². The molecule has 3 aromatic rings. The van der Waals surface area contributed by atoms with Gasteiger partial charge in [0.25, 0.3) is 0 Å². The van der Waals surface area contributed by atoms with Crippen LogP contribution < -0.4 is 0 Å². The van der Waals surface area contributed by atoms with Crippen molar-refractivity contribution in [2.75, 3.05) is 0 Å². The highest BCUT2D eigenvalue weighted by Gasteiger charge is 2.07. The molecule has 2 heteroatoms. The first kappa shape index (κ1) is 13.1. The normalized spacial score (nSPS) is 11.3. The smallest absolute Gasteiger partial charge is 0.130 e. The van der Waals surface area contributed by atoms with E-state index in [9.17, 15) is 9.65 Å². The van der Waals surface area contributed by atoms with Crippen molar-refractivity contribution in [2.24, 2.45) is 0 Å². The molecular formula is C19H12FN. The predicted octanol–water partition coefficient (Wildman–Crippen LogP) is 5.04. The molecule has 0 aliphatic carbocycles. The summed E-state index contributed by atoms with van der Waals surface area (Å²) in [6, 6.07) is 22.3. The molecule has 100 valence electrons. The molecule has 0 heterocycles. The van der Waals surface area contributed by atoms with Crippen molar-refractivity contribution in [2.45, 2.75) is 0 Å². The molecule has 0 aliphatic heterocycles. The van der Waals surface area contributed by atoms with Gasteiger partial charge in [-0.05, 0) is 22.9 Å². The molecule has 0 spiro atoms. The molecule has 0 atom stereocenters. The highest BCUT2D eigenvalue weighted by atomic mass is 19.1. The number of fused-ring (bicyclic) bond motifs is 1. The van der Waals surface area contributed by atoms with Gasteiger partial charge >= 0.3 is 0 Å². The molecule has 21 heavy (non-hydrogen) atoms. The second kappa shape index (κ2) is 5.60. The van der Waals surface area contributed by atoms with Crippen molar-refractivity contribution >= 4 is 22.4 Å². The fourth-order valence-corrected chi connectivity index (χ4v) is 2.38. The van der Waals surface area contributed by atoms with Crippen LogP contribution in [0.25, 0.3) is 22.4 Å². The molecule has 0 radical (unpaired) electrons. The van der Waals surface area contributed by atoms with Crippen molar-refractivity contribution in [3.05, 3.63) is 83.7 Å². The van der Waals surface area contributed by atoms with Crippen molar-refractivity contribution in [1.82, 2.24) is 0 Å². The van der Waals surface area contributed by atoms with Crippen LogP contribution >= 0.6 is 0 Å². The SMILES string of the molecule is N#C/C(=C/c1ccccc1F)c1cccc2ccccc12. The van der Waals surface area contributed by atoms with Crippen LogP contribution in [-0.2, 0) is 0 Å². The second-order valence-electron chi connectivity index (χ2n) is 4.72. The van der Waals surface area contributed by atoms with Crippen LogP contribution in [0.4, 0.5) is 4.39 Å².